The summed E-state index contributed by atoms with van der Waals surface area (Å²) in [6, 6.07) is 12.4. The first-order valence-electron chi connectivity index (χ1n) is 11.1. The molecule has 4 atom stereocenters. The van der Waals surface area contributed by atoms with Gasteiger partial charge in [0.15, 0.2) is 0 Å². The molecule has 0 N–H and O–H groups in total. The van der Waals surface area contributed by atoms with Crippen molar-refractivity contribution in [2.75, 3.05) is 27.1 Å². The van der Waals surface area contributed by atoms with E-state index < -0.39 is 64.3 Å². The molecule has 0 bridgehead atoms. The number of ether oxygens (including phenoxy) is 5. The third-order valence-corrected chi connectivity index (χ3v) is 8.34. The summed E-state index contributed by atoms with van der Waals surface area (Å²) in [6.07, 6.45) is -3.62. The summed E-state index contributed by atoms with van der Waals surface area (Å²) in [7, 11) is -6.77. The molecule has 0 unspecified atom stereocenters. The van der Waals surface area contributed by atoms with E-state index >= 15 is 0 Å². The minimum atomic E-state index is -4.07. The van der Waals surface area contributed by atoms with Crippen molar-refractivity contribution >= 4 is 20.2 Å². The Bertz CT molecular complexity index is 1130. The van der Waals surface area contributed by atoms with E-state index in [1.165, 1.54) is 31.4 Å². The summed E-state index contributed by atoms with van der Waals surface area (Å²) < 4.78 is 88.8. The fourth-order valence-corrected chi connectivity index (χ4v) is 5.54. The lowest BCUT2D eigenvalue weighted by molar-refractivity contribution is -0.252. The van der Waals surface area contributed by atoms with Gasteiger partial charge in [0, 0.05) is 7.11 Å². The molecule has 2 aliphatic rings. The number of rotatable bonds is 9. The van der Waals surface area contributed by atoms with E-state index in [0.29, 0.717) is 0 Å². The summed E-state index contributed by atoms with van der Waals surface area (Å²) in [5.74, 6) is 0. The van der Waals surface area contributed by atoms with Crippen molar-refractivity contribution < 1.29 is 48.9 Å². The number of methoxy groups -OCH3 is 1. The van der Waals surface area contributed by atoms with Crippen molar-refractivity contribution in [1.29, 1.82) is 0 Å². The smallest absolute Gasteiger partial charge is 0.297 e. The summed E-state index contributed by atoms with van der Waals surface area (Å²) in [4.78, 5) is 0.000869. The Kier molecular flexibility index (Phi) is 8.44. The maximum Gasteiger partial charge on any atom is 0.297 e. The van der Waals surface area contributed by atoms with Crippen molar-refractivity contribution in [3.63, 3.8) is 0 Å². The van der Waals surface area contributed by atoms with Crippen molar-refractivity contribution in [3.8, 4) is 0 Å². The molecule has 36 heavy (non-hydrogen) atoms. The molecule has 2 aliphatic heterocycles. The molecule has 2 fully saturated rings. The fraction of sp³-hybridized carbons (Fsp3) is 0.478. The number of hydrogen-bond acceptors (Lipinski definition) is 11. The summed E-state index contributed by atoms with van der Waals surface area (Å²) >= 11 is 0. The number of hydrogen-bond donors (Lipinski definition) is 0. The zero-order chi connectivity index (χ0) is 25.9. The van der Waals surface area contributed by atoms with Crippen LogP contribution < -0.4 is 0 Å². The van der Waals surface area contributed by atoms with E-state index in [4.69, 9.17) is 32.1 Å². The maximum atomic E-state index is 12.6. The van der Waals surface area contributed by atoms with Crippen LogP contribution in [0.3, 0.4) is 0 Å². The van der Waals surface area contributed by atoms with Gasteiger partial charge in [-0.3, -0.25) is 8.37 Å². The Morgan fingerprint density at radius 3 is 1.47 bits per heavy atom. The molecule has 0 aromatic heterocycles. The van der Waals surface area contributed by atoms with Gasteiger partial charge in [0.05, 0.1) is 23.0 Å². The van der Waals surface area contributed by atoms with Gasteiger partial charge >= 0.3 is 0 Å². The highest BCUT2D eigenvalue weighted by Crippen LogP contribution is 2.31. The third kappa shape index (κ3) is 6.30. The quantitative estimate of drug-likeness (QED) is 0.429. The van der Waals surface area contributed by atoms with Crippen molar-refractivity contribution in [2.45, 2.75) is 54.5 Å². The molecular weight excluding hydrogens is 516 g/mol. The molecule has 13 heteroatoms. The van der Waals surface area contributed by atoms with E-state index in [1.54, 1.807) is 24.3 Å². The Hall–Kier alpha value is -1.94. The lowest BCUT2D eigenvalue weighted by Gasteiger charge is -2.24. The second-order valence-electron chi connectivity index (χ2n) is 8.36. The van der Waals surface area contributed by atoms with E-state index in [0.717, 1.165) is 11.1 Å². The van der Waals surface area contributed by atoms with Crippen LogP contribution in [0.4, 0.5) is 0 Å². The molecule has 2 aromatic carbocycles. The molecule has 2 saturated heterocycles. The van der Waals surface area contributed by atoms with Gasteiger partial charge in [0.2, 0.25) is 0 Å². The Balaban J connectivity index is 1.45. The standard InChI is InChI=1S/C23H28O11S2/c1-15-4-8-17(9-5-15)35(24,25)31-12-19-21-22(34-23(28-3)33-21)20(30-14-29-19)13-32-36(26,27)18-10-6-16(2)7-11-18/h4-11,19-23H,12-14H2,1-3H3/t19-,20-,21-,22-/m1/s1. The molecule has 11 nitrogen and oxygen atoms in total. The second kappa shape index (κ2) is 11.2. The van der Waals surface area contributed by atoms with Crippen LogP contribution in [0, 0.1) is 13.8 Å². The molecule has 2 aromatic rings. The highest BCUT2D eigenvalue weighted by Gasteiger charge is 2.49. The third-order valence-electron chi connectivity index (χ3n) is 5.74. The lowest BCUT2D eigenvalue weighted by Crippen LogP contribution is -2.45. The summed E-state index contributed by atoms with van der Waals surface area (Å²) in [6.45, 7) is 1.50. The van der Waals surface area contributed by atoms with Gasteiger partial charge < -0.3 is 23.7 Å². The highest BCUT2D eigenvalue weighted by molar-refractivity contribution is 7.87. The predicted octanol–water partition coefficient (Wildman–Crippen LogP) is 1.87. The van der Waals surface area contributed by atoms with Crippen LogP contribution in [0.5, 0.6) is 0 Å². The minimum Gasteiger partial charge on any atom is -0.347 e. The Morgan fingerprint density at radius 1 is 0.722 bits per heavy atom. The number of fused-ring (bicyclic) bond motifs is 1. The van der Waals surface area contributed by atoms with Gasteiger partial charge in [-0.25, -0.2) is 0 Å². The normalized spacial score (nSPS) is 25.4. The first-order valence-corrected chi connectivity index (χ1v) is 13.9. The Labute approximate surface area is 210 Å². The van der Waals surface area contributed by atoms with E-state index in [1.807, 2.05) is 13.8 Å². The largest absolute Gasteiger partial charge is 0.347 e. The first kappa shape index (κ1) is 27.1. The van der Waals surface area contributed by atoms with Crippen molar-refractivity contribution in [1.82, 2.24) is 0 Å². The highest BCUT2D eigenvalue weighted by atomic mass is 32.2. The Morgan fingerprint density at radius 2 is 1.11 bits per heavy atom. The molecule has 198 valence electrons. The molecular formula is C23H28O11S2. The topological polar surface area (TPSA) is 133 Å². The molecule has 2 heterocycles. The monoisotopic (exact) mass is 544 g/mol. The molecule has 4 rings (SSSR count). The van der Waals surface area contributed by atoms with Gasteiger partial charge in [-0.1, -0.05) is 35.4 Å². The molecule has 0 amide bonds. The molecule has 0 aliphatic carbocycles. The van der Waals surface area contributed by atoms with Gasteiger partial charge in [0.1, 0.15) is 31.2 Å². The van der Waals surface area contributed by atoms with Crippen LogP contribution in [0.25, 0.3) is 0 Å². The van der Waals surface area contributed by atoms with E-state index in [9.17, 15) is 16.8 Å². The summed E-state index contributed by atoms with van der Waals surface area (Å²) in [5, 5.41) is 0. The zero-order valence-corrected chi connectivity index (χ0v) is 21.6. The SMILES string of the molecule is COC1O[C@H]2[C@H](O1)[C@@H](COS(=O)(=O)c1ccc(C)cc1)OCO[C@@H]2COS(=O)(=O)c1ccc(C)cc1. The average molecular weight is 545 g/mol. The minimum absolute atomic E-state index is 0.000434. The van der Waals surface area contributed by atoms with Crippen LogP contribution in [0.15, 0.2) is 58.3 Å². The van der Waals surface area contributed by atoms with Gasteiger partial charge in [-0.2, -0.15) is 16.8 Å². The predicted molar refractivity (Wildman–Crippen MR) is 124 cm³/mol. The number of benzene rings is 2. The van der Waals surface area contributed by atoms with Crippen LogP contribution in [0.2, 0.25) is 0 Å². The van der Waals surface area contributed by atoms with Gasteiger partial charge in [-0.05, 0) is 38.1 Å². The van der Waals surface area contributed by atoms with E-state index in [-0.39, 0.29) is 16.6 Å². The van der Waals surface area contributed by atoms with Crippen LogP contribution in [-0.2, 0) is 52.3 Å². The molecule has 0 radical (unpaired) electrons. The van der Waals surface area contributed by atoms with Crippen LogP contribution in [0.1, 0.15) is 11.1 Å². The first-order chi connectivity index (χ1) is 17.1. The molecule has 0 saturated carbocycles. The average Bonchev–Trinajstić information content (AvgIpc) is 3.21. The second-order valence-corrected chi connectivity index (χ2v) is 11.6. The van der Waals surface area contributed by atoms with E-state index in [2.05, 4.69) is 0 Å². The fourth-order valence-electron chi connectivity index (χ4n) is 3.70. The van der Waals surface area contributed by atoms with Crippen LogP contribution >= 0.6 is 0 Å². The van der Waals surface area contributed by atoms with Crippen molar-refractivity contribution in [3.05, 3.63) is 59.7 Å². The zero-order valence-electron chi connectivity index (χ0n) is 19.9. The van der Waals surface area contributed by atoms with Gasteiger partial charge in [0.25, 0.3) is 26.7 Å². The van der Waals surface area contributed by atoms with Gasteiger partial charge in [-0.15, -0.1) is 0 Å². The lowest BCUT2D eigenvalue weighted by atomic mass is 10.0. The van der Waals surface area contributed by atoms with Crippen LogP contribution in [-0.4, -0.2) is 74.8 Å². The molecule has 0 spiro atoms. The number of aryl methyl sites for hydroxylation is 2. The summed E-state index contributed by atoms with van der Waals surface area (Å²) in [5.41, 5.74) is 1.81. The van der Waals surface area contributed by atoms with Crippen molar-refractivity contribution in [2.24, 2.45) is 0 Å². The maximum absolute atomic E-state index is 12.6.